The smallest absolute Gasteiger partial charge is 0.163 e. The molecule has 0 spiro atoms. The summed E-state index contributed by atoms with van der Waals surface area (Å²) >= 11 is 0. The lowest BCUT2D eigenvalue weighted by molar-refractivity contribution is 0.327. The highest BCUT2D eigenvalue weighted by atomic mass is 15.2. The lowest BCUT2D eigenvalue weighted by Crippen LogP contribution is -2.26. The molecule has 0 aliphatic heterocycles. The van der Waals surface area contributed by atoms with Crippen LogP contribution in [0.1, 0.15) is 39.0 Å². The molecule has 0 bridgehead atoms. The second kappa shape index (κ2) is 6.29. The maximum Gasteiger partial charge on any atom is 0.163 e. The van der Waals surface area contributed by atoms with Crippen molar-refractivity contribution in [1.82, 2.24) is 14.8 Å². The molecule has 3 rings (SSSR count). The minimum absolute atomic E-state index is 0.629. The standard InChI is InChI=1S/C17H24N4/c1-3-13-5-4-6-16(11-13)19-15-9-7-14(8-10-15)17-20-18-12-21(17)2/h7-10,12-13,16,19H,3-6,11H2,1-2H3. The van der Waals surface area contributed by atoms with E-state index in [1.54, 1.807) is 6.33 Å². The monoisotopic (exact) mass is 284 g/mol. The largest absolute Gasteiger partial charge is 0.382 e. The Morgan fingerprint density at radius 2 is 2.05 bits per heavy atom. The summed E-state index contributed by atoms with van der Waals surface area (Å²) in [6, 6.07) is 9.17. The van der Waals surface area contributed by atoms with Gasteiger partial charge in [0.15, 0.2) is 5.82 Å². The van der Waals surface area contributed by atoms with Gasteiger partial charge in [-0.1, -0.05) is 26.2 Å². The Hall–Kier alpha value is -1.84. The van der Waals surface area contributed by atoms with Gasteiger partial charge in [0.25, 0.3) is 0 Å². The van der Waals surface area contributed by atoms with Crippen LogP contribution in [-0.4, -0.2) is 20.8 Å². The molecule has 0 saturated heterocycles. The van der Waals surface area contributed by atoms with Crippen LogP contribution in [0.15, 0.2) is 30.6 Å². The van der Waals surface area contributed by atoms with Crippen molar-refractivity contribution < 1.29 is 0 Å². The van der Waals surface area contributed by atoms with Crippen molar-refractivity contribution in [1.29, 1.82) is 0 Å². The van der Waals surface area contributed by atoms with Crippen LogP contribution in [-0.2, 0) is 7.05 Å². The molecule has 1 N–H and O–H groups in total. The molecule has 0 amide bonds. The molecule has 4 heteroatoms. The predicted octanol–water partition coefficient (Wildman–Crippen LogP) is 3.86. The molecule has 0 radical (unpaired) electrons. The molecule has 2 aromatic rings. The number of aromatic nitrogens is 3. The number of aryl methyl sites for hydroxylation is 1. The van der Waals surface area contributed by atoms with E-state index >= 15 is 0 Å². The molecule has 21 heavy (non-hydrogen) atoms. The van der Waals surface area contributed by atoms with E-state index in [1.165, 1.54) is 37.8 Å². The number of hydrogen-bond donors (Lipinski definition) is 1. The fraction of sp³-hybridized carbons (Fsp3) is 0.529. The van der Waals surface area contributed by atoms with Crippen molar-refractivity contribution in [2.75, 3.05) is 5.32 Å². The number of nitrogens with one attached hydrogen (secondary N) is 1. The van der Waals surface area contributed by atoms with Crippen LogP contribution in [0.25, 0.3) is 11.4 Å². The fourth-order valence-corrected chi connectivity index (χ4v) is 3.29. The molecule has 1 fully saturated rings. The van der Waals surface area contributed by atoms with Gasteiger partial charge >= 0.3 is 0 Å². The molecule has 1 aliphatic carbocycles. The lowest BCUT2D eigenvalue weighted by atomic mass is 9.84. The van der Waals surface area contributed by atoms with Gasteiger partial charge < -0.3 is 9.88 Å². The molecule has 112 valence electrons. The van der Waals surface area contributed by atoms with Gasteiger partial charge in [0.05, 0.1) is 0 Å². The Morgan fingerprint density at radius 3 is 2.71 bits per heavy atom. The minimum atomic E-state index is 0.629. The molecule has 4 nitrogen and oxygen atoms in total. The van der Waals surface area contributed by atoms with Crippen molar-refractivity contribution in [3.63, 3.8) is 0 Å². The summed E-state index contributed by atoms with van der Waals surface area (Å²) in [6.45, 7) is 2.31. The van der Waals surface area contributed by atoms with Crippen molar-refractivity contribution in [3.05, 3.63) is 30.6 Å². The first kappa shape index (κ1) is 14.1. The van der Waals surface area contributed by atoms with E-state index in [4.69, 9.17) is 0 Å². The van der Waals surface area contributed by atoms with Gasteiger partial charge in [0.1, 0.15) is 6.33 Å². The topological polar surface area (TPSA) is 42.7 Å². The molecule has 1 saturated carbocycles. The molecule has 2 atom stereocenters. The van der Waals surface area contributed by atoms with Gasteiger partial charge in [0.2, 0.25) is 0 Å². The van der Waals surface area contributed by atoms with Crippen LogP contribution in [0.5, 0.6) is 0 Å². The van der Waals surface area contributed by atoms with E-state index in [2.05, 4.69) is 46.7 Å². The highest BCUT2D eigenvalue weighted by Gasteiger charge is 2.20. The van der Waals surface area contributed by atoms with Crippen LogP contribution in [0.2, 0.25) is 0 Å². The zero-order valence-corrected chi connectivity index (χ0v) is 12.9. The summed E-state index contributed by atoms with van der Waals surface area (Å²) in [4.78, 5) is 0. The van der Waals surface area contributed by atoms with Gasteiger partial charge in [0, 0.05) is 24.3 Å². The summed E-state index contributed by atoms with van der Waals surface area (Å²) in [5.74, 6) is 1.81. The Morgan fingerprint density at radius 1 is 1.24 bits per heavy atom. The summed E-state index contributed by atoms with van der Waals surface area (Å²) < 4.78 is 1.94. The highest BCUT2D eigenvalue weighted by molar-refractivity contribution is 5.59. The molecule has 1 aromatic carbocycles. The summed E-state index contributed by atoms with van der Waals surface area (Å²) in [5.41, 5.74) is 2.32. The van der Waals surface area contributed by atoms with E-state index in [1.807, 2.05) is 11.6 Å². The number of hydrogen-bond acceptors (Lipinski definition) is 3. The van der Waals surface area contributed by atoms with E-state index in [0.717, 1.165) is 17.3 Å². The van der Waals surface area contributed by atoms with Crippen molar-refractivity contribution in [2.24, 2.45) is 13.0 Å². The summed E-state index contributed by atoms with van der Waals surface area (Å²) in [6.07, 6.45) is 8.40. The second-order valence-corrected chi connectivity index (χ2v) is 6.12. The number of anilines is 1. The van der Waals surface area contributed by atoms with E-state index in [9.17, 15) is 0 Å². The highest BCUT2D eigenvalue weighted by Crippen LogP contribution is 2.29. The van der Waals surface area contributed by atoms with E-state index in [0.29, 0.717) is 6.04 Å². The van der Waals surface area contributed by atoms with Crippen molar-refractivity contribution in [3.8, 4) is 11.4 Å². The quantitative estimate of drug-likeness (QED) is 0.927. The van der Waals surface area contributed by atoms with Crippen molar-refractivity contribution >= 4 is 5.69 Å². The van der Waals surface area contributed by atoms with Gasteiger partial charge in [-0.25, -0.2) is 0 Å². The van der Waals surface area contributed by atoms with Crippen LogP contribution in [0.4, 0.5) is 5.69 Å². The van der Waals surface area contributed by atoms with Crippen molar-refractivity contribution in [2.45, 2.75) is 45.1 Å². The zero-order chi connectivity index (χ0) is 14.7. The van der Waals surface area contributed by atoms with Gasteiger partial charge in [-0.3, -0.25) is 0 Å². The first-order chi connectivity index (χ1) is 10.3. The molecular weight excluding hydrogens is 260 g/mol. The third kappa shape index (κ3) is 3.26. The Balaban J connectivity index is 1.66. The lowest BCUT2D eigenvalue weighted by Gasteiger charge is -2.29. The SMILES string of the molecule is CCC1CCCC(Nc2ccc(-c3nncn3C)cc2)C1. The molecule has 2 unspecified atom stereocenters. The van der Waals surface area contributed by atoms with Gasteiger partial charge in [-0.15, -0.1) is 10.2 Å². The zero-order valence-electron chi connectivity index (χ0n) is 12.9. The Labute approximate surface area is 126 Å². The Kier molecular flexibility index (Phi) is 4.23. The van der Waals surface area contributed by atoms with Crippen LogP contribution < -0.4 is 5.32 Å². The first-order valence-electron chi connectivity index (χ1n) is 7.97. The normalized spacial score (nSPS) is 22.2. The molecule has 1 heterocycles. The third-order valence-corrected chi connectivity index (χ3v) is 4.59. The van der Waals surface area contributed by atoms with Crippen LogP contribution in [0.3, 0.4) is 0 Å². The summed E-state index contributed by atoms with van der Waals surface area (Å²) in [7, 11) is 1.97. The second-order valence-electron chi connectivity index (χ2n) is 6.12. The fourth-order valence-electron chi connectivity index (χ4n) is 3.29. The minimum Gasteiger partial charge on any atom is -0.382 e. The number of rotatable bonds is 4. The van der Waals surface area contributed by atoms with Crippen LogP contribution >= 0.6 is 0 Å². The average molecular weight is 284 g/mol. The van der Waals surface area contributed by atoms with Gasteiger partial charge in [-0.2, -0.15) is 0 Å². The molecule has 1 aromatic heterocycles. The van der Waals surface area contributed by atoms with Gasteiger partial charge in [-0.05, 0) is 43.0 Å². The van der Waals surface area contributed by atoms with Crippen LogP contribution in [0, 0.1) is 5.92 Å². The Bertz CT molecular complexity index is 573. The summed E-state index contributed by atoms with van der Waals surface area (Å²) in [5, 5.41) is 11.8. The average Bonchev–Trinajstić information content (AvgIpc) is 2.94. The molecule has 1 aliphatic rings. The van der Waals surface area contributed by atoms with E-state index in [-0.39, 0.29) is 0 Å². The maximum atomic E-state index is 4.14. The third-order valence-electron chi connectivity index (χ3n) is 4.59. The maximum absolute atomic E-state index is 4.14. The first-order valence-corrected chi connectivity index (χ1v) is 7.97. The molecular formula is C17H24N4. The number of benzene rings is 1. The van der Waals surface area contributed by atoms with E-state index < -0.39 is 0 Å². The number of nitrogens with zero attached hydrogens (tertiary/aromatic N) is 3. The predicted molar refractivity (Wildman–Crippen MR) is 86.1 cm³/mol.